The third-order valence-electron chi connectivity index (χ3n) is 1.66. The second-order valence-corrected chi connectivity index (χ2v) is 6.15. The zero-order chi connectivity index (χ0) is 14.3. The predicted octanol–water partition coefficient (Wildman–Crippen LogP) is 1.30. The average Bonchev–Trinajstić information content (AvgIpc) is 2.24. The first-order chi connectivity index (χ1) is 8.19. The van der Waals surface area contributed by atoms with Crippen molar-refractivity contribution >= 4 is 28.6 Å². The summed E-state index contributed by atoms with van der Waals surface area (Å²) >= 11 is 0. The van der Waals surface area contributed by atoms with Gasteiger partial charge in [-0.3, -0.25) is 4.21 Å². The first-order valence-electron chi connectivity index (χ1n) is 5.43. The summed E-state index contributed by atoms with van der Waals surface area (Å²) in [4.78, 5) is 26.3. The van der Waals surface area contributed by atoms with E-state index in [1.165, 1.54) is 7.11 Å². The average molecular weight is 277 g/mol. The minimum atomic E-state index is -1.26. The van der Waals surface area contributed by atoms with E-state index in [1.54, 1.807) is 27.7 Å². The summed E-state index contributed by atoms with van der Waals surface area (Å²) < 4.78 is 20.8. The Balaban J connectivity index is 4.90. The van der Waals surface area contributed by atoms with Gasteiger partial charge in [0.15, 0.2) is 0 Å². The highest BCUT2D eigenvalue weighted by Gasteiger charge is 2.20. The summed E-state index contributed by atoms with van der Waals surface area (Å²) in [7, 11) is -0.0897. The van der Waals surface area contributed by atoms with Crippen molar-refractivity contribution < 1.29 is 23.3 Å². The van der Waals surface area contributed by atoms with Gasteiger partial charge in [-0.15, -0.1) is 0 Å². The van der Waals surface area contributed by atoms with E-state index in [9.17, 15) is 13.8 Å². The van der Waals surface area contributed by atoms with Gasteiger partial charge in [-0.2, -0.15) is 4.99 Å². The van der Waals surface area contributed by atoms with Crippen LogP contribution >= 0.6 is 0 Å². The molecule has 0 rings (SSSR count). The lowest BCUT2D eigenvalue weighted by molar-refractivity contribution is -0.132. The van der Waals surface area contributed by atoms with Crippen LogP contribution in [0.3, 0.4) is 0 Å². The van der Waals surface area contributed by atoms with Crippen molar-refractivity contribution in [3.05, 3.63) is 0 Å². The van der Waals surface area contributed by atoms with Crippen LogP contribution in [0, 0.1) is 0 Å². The molecule has 1 amide bonds. The van der Waals surface area contributed by atoms with Crippen LogP contribution in [0.15, 0.2) is 4.99 Å². The molecule has 0 aliphatic heterocycles. The van der Waals surface area contributed by atoms with Gasteiger partial charge in [0, 0.05) is 16.6 Å². The topological polar surface area (TPSA) is 82.0 Å². The number of carbonyl (C=O) groups excluding carboxylic acids is 2. The van der Waals surface area contributed by atoms with Crippen LogP contribution in [0.1, 0.15) is 27.7 Å². The maximum atomic E-state index is 11.4. The SMILES string of the molecule is CC[S@@](=O)CC(=NC(=O)OC(C)(C)C)C(=O)OC. The summed E-state index contributed by atoms with van der Waals surface area (Å²) in [5.41, 5.74) is -0.891. The Morgan fingerprint density at radius 1 is 1.28 bits per heavy atom. The number of carbonyl (C=O) groups is 2. The Morgan fingerprint density at radius 2 is 1.83 bits per heavy atom. The normalized spacial score (nSPS) is 13.9. The predicted molar refractivity (Wildman–Crippen MR) is 69.2 cm³/mol. The molecule has 0 aliphatic carbocycles. The highest BCUT2D eigenvalue weighted by Crippen LogP contribution is 2.08. The molecule has 0 radical (unpaired) electrons. The van der Waals surface area contributed by atoms with Crippen molar-refractivity contribution in [3.8, 4) is 0 Å². The molecule has 0 aromatic heterocycles. The Hall–Kier alpha value is -1.24. The molecule has 0 aliphatic rings. The molecule has 0 unspecified atom stereocenters. The Kier molecular flexibility index (Phi) is 6.75. The van der Waals surface area contributed by atoms with Crippen LogP contribution < -0.4 is 0 Å². The van der Waals surface area contributed by atoms with E-state index in [4.69, 9.17) is 4.74 Å². The molecule has 0 aromatic rings. The molecular formula is C11H19NO5S. The van der Waals surface area contributed by atoms with E-state index in [0.29, 0.717) is 5.75 Å². The van der Waals surface area contributed by atoms with E-state index in [-0.39, 0.29) is 11.5 Å². The fourth-order valence-corrected chi connectivity index (χ4v) is 1.60. The summed E-state index contributed by atoms with van der Waals surface area (Å²) in [5, 5.41) is 0. The van der Waals surface area contributed by atoms with Gasteiger partial charge in [-0.1, -0.05) is 6.92 Å². The molecule has 0 N–H and O–H groups in total. The van der Waals surface area contributed by atoms with Crippen molar-refractivity contribution in [2.45, 2.75) is 33.3 Å². The maximum absolute atomic E-state index is 11.4. The van der Waals surface area contributed by atoms with E-state index in [1.807, 2.05) is 0 Å². The van der Waals surface area contributed by atoms with Gasteiger partial charge in [0.2, 0.25) is 0 Å². The Labute approximate surface area is 109 Å². The number of hydrogen-bond donors (Lipinski definition) is 0. The monoisotopic (exact) mass is 277 g/mol. The summed E-state index contributed by atoms with van der Waals surface area (Å²) in [6, 6.07) is 0. The maximum Gasteiger partial charge on any atom is 0.434 e. The zero-order valence-corrected chi connectivity index (χ0v) is 12.1. The van der Waals surface area contributed by atoms with Crippen LogP contribution in [0.2, 0.25) is 0 Å². The third-order valence-corrected chi connectivity index (χ3v) is 2.90. The van der Waals surface area contributed by atoms with Gasteiger partial charge >= 0.3 is 12.1 Å². The van der Waals surface area contributed by atoms with Gasteiger partial charge in [0.05, 0.1) is 12.9 Å². The van der Waals surface area contributed by atoms with E-state index in [0.717, 1.165) is 0 Å². The van der Waals surface area contributed by atoms with Gasteiger partial charge < -0.3 is 9.47 Å². The molecule has 0 bridgehead atoms. The molecule has 0 aromatic carbocycles. The minimum Gasteiger partial charge on any atom is -0.465 e. The van der Waals surface area contributed by atoms with Crippen LogP contribution in [-0.4, -0.2) is 46.2 Å². The summed E-state index contributed by atoms with van der Waals surface area (Å²) in [5.74, 6) is -0.533. The number of methoxy groups -OCH3 is 1. The zero-order valence-electron chi connectivity index (χ0n) is 11.3. The smallest absolute Gasteiger partial charge is 0.434 e. The molecule has 0 saturated heterocycles. The third kappa shape index (κ3) is 7.16. The van der Waals surface area contributed by atoms with Crippen LogP contribution in [0.5, 0.6) is 0 Å². The van der Waals surface area contributed by atoms with E-state index in [2.05, 4.69) is 9.73 Å². The molecule has 104 valence electrons. The number of nitrogens with zero attached hydrogens (tertiary/aromatic N) is 1. The summed E-state index contributed by atoms with van der Waals surface area (Å²) in [6.45, 7) is 6.76. The van der Waals surface area contributed by atoms with Crippen molar-refractivity contribution in [1.29, 1.82) is 0 Å². The highest BCUT2D eigenvalue weighted by molar-refractivity contribution is 7.85. The lowest BCUT2D eigenvalue weighted by atomic mass is 10.2. The molecule has 0 saturated carbocycles. The van der Waals surface area contributed by atoms with Crippen molar-refractivity contribution in [1.82, 2.24) is 0 Å². The van der Waals surface area contributed by atoms with Gasteiger partial charge in [-0.05, 0) is 20.8 Å². The number of aliphatic imine (C=N–C) groups is 1. The number of hydrogen-bond acceptors (Lipinski definition) is 5. The molecule has 0 spiro atoms. The number of amides is 1. The molecule has 1 atom stereocenters. The van der Waals surface area contributed by atoms with Crippen molar-refractivity contribution in [3.63, 3.8) is 0 Å². The lowest BCUT2D eigenvalue weighted by Gasteiger charge is -2.17. The van der Waals surface area contributed by atoms with Gasteiger partial charge in [-0.25, -0.2) is 9.59 Å². The Bertz CT molecular complexity index is 370. The van der Waals surface area contributed by atoms with E-state index < -0.39 is 28.5 Å². The van der Waals surface area contributed by atoms with Gasteiger partial charge in [0.1, 0.15) is 11.3 Å². The standard InChI is InChI=1S/C11H19NO5S/c1-6-18(15)7-8(9(13)16-5)12-10(14)17-11(2,3)4/h6-7H2,1-5H3/t18-/m1/s1. The largest absolute Gasteiger partial charge is 0.465 e. The van der Waals surface area contributed by atoms with Crippen molar-refractivity contribution in [2.75, 3.05) is 18.6 Å². The van der Waals surface area contributed by atoms with Crippen LogP contribution in [-0.2, 0) is 25.1 Å². The molecule has 18 heavy (non-hydrogen) atoms. The number of rotatable bonds is 4. The molecule has 7 heteroatoms. The minimum absolute atomic E-state index is 0.123. The molecular weight excluding hydrogens is 258 g/mol. The fourth-order valence-electron chi connectivity index (χ4n) is 0.904. The molecule has 0 heterocycles. The lowest BCUT2D eigenvalue weighted by Crippen LogP contribution is -2.27. The number of ether oxygens (including phenoxy) is 2. The summed E-state index contributed by atoms with van der Waals surface area (Å²) in [6.07, 6.45) is -0.893. The van der Waals surface area contributed by atoms with Crippen LogP contribution in [0.4, 0.5) is 4.79 Å². The second kappa shape index (κ2) is 7.25. The molecule has 6 nitrogen and oxygen atoms in total. The fraction of sp³-hybridized carbons (Fsp3) is 0.727. The highest BCUT2D eigenvalue weighted by atomic mass is 32.2. The first-order valence-corrected chi connectivity index (χ1v) is 6.92. The molecule has 0 fully saturated rings. The quantitative estimate of drug-likeness (QED) is 0.571. The van der Waals surface area contributed by atoms with Crippen molar-refractivity contribution in [2.24, 2.45) is 4.99 Å². The number of esters is 1. The van der Waals surface area contributed by atoms with Crippen LogP contribution in [0.25, 0.3) is 0 Å². The van der Waals surface area contributed by atoms with Gasteiger partial charge in [0.25, 0.3) is 0 Å². The van der Waals surface area contributed by atoms with E-state index >= 15 is 0 Å². The second-order valence-electron chi connectivity index (χ2n) is 4.40. The Morgan fingerprint density at radius 3 is 2.22 bits per heavy atom. The first kappa shape index (κ1) is 16.8.